The number of piperidine rings is 1. The van der Waals surface area contributed by atoms with Crippen LogP contribution in [-0.4, -0.2) is 37.7 Å². The third-order valence-electron chi connectivity index (χ3n) is 6.91. The van der Waals surface area contributed by atoms with E-state index in [0.29, 0.717) is 30.7 Å². The summed E-state index contributed by atoms with van der Waals surface area (Å²) in [5.74, 6) is 1.54. The Morgan fingerprint density at radius 2 is 1.84 bits per heavy atom. The molecule has 1 saturated heterocycles. The zero-order valence-electron chi connectivity index (χ0n) is 19.4. The van der Waals surface area contributed by atoms with Crippen LogP contribution in [0.25, 0.3) is 0 Å². The maximum atomic E-state index is 12.6. The van der Waals surface area contributed by atoms with E-state index in [4.69, 9.17) is 4.74 Å². The molecule has 2 fully saturated rings. The van der Waals surface area contributed by atoms with Crippen LogP contribution in [0.5, 0.6) is 5.75 Å². The highest BCUT2D eigenvalue weighted by molar-refractivity contribution is 5.94. The molecule has 1 saturated carbocycles. The fraction of sp³-hybridized carbons (Fsp3) is 0.519. The van der Waals surface area contributed by atoms with E-state index in [0.717, 1.165) is 43.7 Å². The smallest absolute Gasteiger partial charge is 0.251 e. The van der Waals surface area contributed by atoms with E-state index in [-0.39, 0.29) is 5.91 Å². The normalized spacial score (nSPS) is 22.4. The highest BCUT2D eigenvalue weighted by atomic mass is 16.5. The molecule has 1 aliphatic heterocycles. The molecule has 0 radical (unpaired) electrons. The van der Waals surface area contributed by atoms with Crippen LogP contribution >= 0.6 is 0 Å². The molecule has 3 atom stereocenters. The Bertz CT molecular complexity index is 877. The summed E-state index contributed by atoms with van der Waals surface area (Å²) in [5.41, 5.74) is 3.38. The van der Waals surface area contributed by atoms with Crippen molar-refractivity contribution < 1.29 is 9.53 Å². The molecule has 1 unspecified atom stereocenters. The predicted molar refractivity (Wildman–Crippen MR) is 129 cm³/mol. The summed E-state index contributed by atoms with van der Waals surface area (Å²) in [5, 5.41) is 10.3. The second-order valence-electron chi connectivity index (χ2n) is 9.22. The molecule has 0 bridgehead atoms. The highest BCUT2D eigenvalue weighted by Crippen LogP contribution is 2.35. The van der Waals surface area contributed by atoms with Crippen LogP contribution in [-0.2, 0) is 0 Å². The van der Waals surface area contributed by atoms with E-state index in [1.165, 1.54) is 24.0 Å². The molecule has 172 valence electrons. The summed E-state index contributed by atoms with van der Waals surface area (Å²) in [6.45, 7) is 6.90. The van der Waals surface area contributed by atoms with E-state index in [1.54, 1.807) is 0 Å². The molecule has 5 nitrogen and oxygen atoms in total. The van der Waals surface area contributed by atoms with Crippen molar-refractivity contribution in [3.63, 3.8) is 0 Å². The minimum atomic E-state index is 0.0533. The largest absolute Gasteiger partial charge is 0.494 e. The lowest BCUT2D eigenvalue weighted by Gasteiger charge is -2.23. The van der Waals surface area contributed by atoms with Crippen LogP contribution in [0.2, 0.25) is 0 Å². The number of rotatable bonds is 8. The molecule has 0 spiro atoms. The molecule has 2 aliphatic rings. The van der Waals surface area contributed by atoms with Gasteiger partial charge < -0.3 is 20.7 Å². The third kappa shape index (κ3) is 5.90. The molecule has 4 rings (SSSR count). The van der Waals surface area contributed by atoms with Crippen LogP contribution in [0.3, 0.4) is 0 Å². The van der Waals surface area contributed by atoms with E-state index < -0.39 is 0 Å². The summed E-state index contributed by atoms with van der Waals surface area (Å²) in [6.07, 6.45) is 5.52. The van der Waals surface area contributed by atoms with Gasteiger partial charge in [0, 0.05) is 23.7 Å². The van der Waals surface area contributed by atoms with Gasteiger partial charge in [0.15, 0.2) is 0 Å². The van der Waals surface area contributed by atoms with Gasteiger partial charge in [-0.25, -0.2) is 0 Å². The first-order chi connectivity index (χ1) is 15.6. The topological polar surface area (TPSA) is 62.4 Å². The molecule has 2 aromatic rings. The predicted octanol–water partition coefficient (Wildman–Crippen LogP) is 4.55. The zero-order chi connectivity index (χ0) is 22.3. The minimum absolute atomic E-state index is 0.0533. The fourth-order valence-electron chi connectivity index (χ4n) is 5.07. The number of hydrogen-bond donors (Lipinski definition) is 3. The van der Waals surface area contributed by atoms with E-state index in [2.05, 4.69) is 53.2 Å². The molecule has 3 N–H and O–H groups in total. The number of hydrogen-bond acceptors (Lipinski definition) is 4. The van der Waals surface area contributed by atoms with Gasteiger partial charge in [0.2, 0.25) is 0 Å². The molecule has 2 aromatic carbocycles. The summed E-state index contributed by atoms with van der Waals surface area (Å²) < 4.78 is 5.65. The number of carbonyl (C=O) groups excluding carboxylic acids is 1. The number of nitrogens with one attached hydrogen (secondary N) is 3. The molecule has 1 heterocycles. The van der Waals surface area contributed by atoms with Gasteiger partial charge in [0.1, 0.15) is 5.75 Å². The summed E-state index contributed by atoms with van der Waals surface area (Å²) in [6, 6.07) is 17.8. The number of amides is 1. The first-order valence-corrected chi connectivity index (χ1v) is 12.2. The van der Waals surface area contributed by atoms with Crippen LogP contribution < -0.4 is 20.7 Å². The van der Waals surface area contributed by atoms with Crippen LogP contribution in [0.1, 0.15) is 79.4 Å². The SMILES string of the molecule is CCOc1cccc([C@@H](C)N[C@H]2CCC(c3ccc(C(=O)NC4CCNCC4)cc3)C2)c1. The van der Waals surface area contributed by atoms with Crippen molar-refractivity contribution in [2.75, 3.05) is 19.7 Å². The summed E-state index contributed by atoms with van der Waals surface area (Å²) in [4.78, 5) is 12.6. The molecule has 5 heteroatoms. The number of benzene rings is 2. The van der Waals surface area contributed by atoms with Crippen LogP contribution in [0.4, 0.5) is 0 Å². The average Bonchev–Trinajstić information content (AvgIpc) is 3.29. The Balaban J connectivity index is 1.29. The van der Waals surface area contributed by atoms with Gasteiger partial charge in [-0.1, -0.05) is 24.3 Å². The molecule has 1 amide bonds. The van der Waals surface area contributed by atoms with Gasteiger partial charge in [-0.2, -0.15) is 0 Å². The van der Waals surface area contributed by atoms with Crippen molar-refractivity contribution >= 4 is 5.91 Å². The second-order valence-corrected chi connectivity index (χ2v) is 9.22. The van der Waals surface area contributed by atoms with Crippen molar-refractivity contribution in [3.8, 4) is 5.75 Å². The van der Waals surface area contributed by atoms with Gasteiger partial charge in [-0.05, 0) is 100 Å². The number of carbonyl (C=O) groups is 1. The molecule has 32 heavy (non-hydrogen) atoms. The number of ether oxygens (including phenoxy) is 1. The third-order valence-corrected chi connectivity index (χ3v) is 6.91. The van der Waals surface area contributed by atoms with E-state index in [1.807, 2.05) is 25.1 Å². The molecule has 1 aliphatic carbocycles. The monoisotopic (exact) mass is 435 g/mol. The van der Waals surface area contributed by atoms with E-state index in [9.17, 15) is 4.79 Å². The van der Waals surface area contributed by atoms with Crippen molar-refractivity contribution in [2.24, 2.45) is 0 Å². The van der Waals surface area contributed by atoms with Crippen molar-refractivity contribution in [1.29, 1.82) is 0 Å². The Morgan fingerprint density at radius 1 is 1.06 bits per heavy atom. The lowest BCUT2D eigenvalue weighted by Crippen LogP contribution is -2.42. The maximum Gasteiger partial charge on any atom is 0.251 e. The Hall–Kier alpha value is -2.37. The van der Waals surface area contributed by atoms with Crippen LogP contribution in [0, 0.1) is 0 Å². The molecule has 0 aromatic heterocycles. The van der Waals surface area contributed by atoms with E-state index >= 15 is 0 Å². The first kappa shape index (κ1) is 22.8. The average molecular weight is 436 g/mol. The molecular weight excluding hydrogens is 398 g/mol. The maximum absolute atomic E-state index is 12.6. The van der Waals surface area contributed by atoms with Gasteiger partial charge in [0.05, 0.1) is 6.61 Å². The quantitative estimate of drug-likeness (QED) is 0.569. The standard InChI is InChI=1S/C27H37N3O2/c1-3-32-26-6-4-5-22(18-26)19(2)29-25-12-11-23(17-25)20-7-9-21(10-8-20)27(31)30-24-13-15-28-16-14-24/h4-10,18-19,23-25,28-29H,3,11-17H2,1-2H3,(H,30,31)/t19-,23?,25+/m1/s1. The summed E-state index contributed by atoms with van der Waals surface area (Å²) in [7, 11) is 0. The Kier molecular flexibility index (Phi) is 7.82. The van der Waals surface area contributed by atoms with Crippen LogP contribution in [0.15, 0.2) is 48.5 Å². The zero-order valence-corrected chi connectivity index (χ0v) is 19.4. The van der Waals surface area contributed by atoms with Gasteiger partial charge in [0.25, 0.3) is 5.91 Å². The first-order valence-electron chi connectivity index (χ1n) is 12.2. The fourth-order valence-corrected chi connectivity index (χ4v) is 5.07. The minimum Gasteiger partial charge on any atom is -0.494 e. The van der Waals surface area contributed by atoms with Gasteiger partial charge >= 0.3 is 0 Å². The highest BCUT2D eigenvalue weighted by Gasteiger charge is 2.27. The Labute approximate surface area is 192 Å². The lowest BCUT2D eigenvalue weighted by atomic mass is 9.96. The lowest BCUT2D eigenvalue weighted by molar-refractivity contribution is 0.0929. The van der Waals surface area contributed by atoms with Gasteiger partial charge in [-0.3, -0.25) is 4.79 Å². The molecular formula is C27H37N3O2. The van der Waals surface area contributed by atoms with Crippen molar-refractivity contribution in [3.05, 3.63) is 65.2 Å². The second kappa shape index (κ2) is 11.0. The van der Waals surface area contributed by atoms with Crippen molar-refractivity contribution in [2.45, 2.75) is 70.0 Å². The van der Waals surface area contributed by atoms with Crippen molar-refractivity contribution in [1.82, 2.24) is 16.0 Å². The van der Waals surface area contributed by atoms with Gasteiger partial charge in [-0.15, -0.1) is 0 Å². The Morgan fingerprint density at radius 3 is 2.59 bits per heavy atom. The summed E-state index contributed by atoms with van der Waals surface area (Å²) >= 11 is 0.